The fourth-order valence-corrected chi connectivity index (χ4v) is 1.58. The second-order valence-electron chi connectivity index (χ2n) is 3.66. The van der Waals surface area contributed by atoms with Crippen LogP contribution < -0.4 is 0 Å². The second kappa shape index (κ2) is 5.66. The van der Waals surface area contributed by atoms with Crippen LogP contribution in [0.3, 0.4) is 0 Å². The van der Waals surface area contributed by atoms with Gasteiger partial charge in [-0.15, -0.1) is 0 Å². The highest BCUT2D eigenvalue weighted by Gasteiger charge is 2.04. The first-order valence-electron chi connectivity index (χ1n) is 5.73. The van der Waals surface area contributed by atoms with Gasteiger partial charge in [-0.05, 0) is 19.1 Å². The van der Waals surface area contributed by atoms with E-state index in [0.29, 0.717) is 5.56 Å². The van der Waals surface area contributed by atoms with E-state index < -0.39 is 5.97 Å². The van der Waals surface area contributed by atoms with Crippen molar-refractivity contribution >= 4 is 16.9 Å². The minimum atomic E-state index is -0.612. The van der Waals surface area contributed by atoms with Gasteiger partial charge >= 0.3 is 5.97 Å². The summed E-state index contributed by atoms with van der Waals surface area (Å²) in [5.74, 6) is 4.36. The third kappa shape index (κ3) is 2.88. The normalized spacial score (nSPS) is 9.26. The Balaban J connectivity index is 2.48. The third-order valence-electron chi connectivity index (χ3n) is 2.40. The molecule has 1 heterocycles. The molecule has 0 N–H and O–H groups in total. The maximum atomic E-state index is 11.2. The van der Waals surface area contributed by atoms with Gasteiger partial charge in [0.15, 0.2) is 5.69 Å². The summed E-state index contributed by atoms with van der Waals surface area (Å²) in [6.45, 7) is 1.98. The van der Waals surface area contributed by atoms with Crippen LogP contribution in [0.5, 0.6) is 0 Å². The molecule has 0 unspecified atom stereocenters. The van der Waals surface area contributed by atoms with Gasteiger partial charge in [0.25, 0.3) is 0 Å². The van der Waals surface area contributed by atoms with Gasteiger partial charge in [-0.2, -0.15) is 5.26 Å². The van der Waals surface area contributed by atoms with Crippen LogP contribution in [0.15, 0.2) is 30.3 Å². The van der Waals surface area contributed by atoms with Crippen LogP contribution in [0, 0.1) is 23.2 Å². The van der Waals surface area contributed by atoms with E-state index in [4.69, 9.17) is 10.00 Å². The van der Waals surface area contributed by atoms with Crippen LogP contribution in [-0.2, 0) is 9.53 Å². The molecule has 0 aliphatic carbocycles. The molecule has 92 valence electrons. The van der Waals surface area contributed by atoms with Crippen molar-refractivity contribution in [1.82, 2.24) is 4.98 Å². The topological polar surface area (TPSA) is 63.0 Å². The number of carbonyl (C=O) groups is 1. The minimum Gasteiger partial charge on any atom is -0.456 e. The largest absolute Gasteiger partial charge is 0.456 e. The zero-order valence-corrected chi connectivity index (χ0v) is 10.3. The van der Waals surface area contributed by atoms with Gasteiger partial charge in [0.1, 0.15) is 6.07 Å². The molecule has 0 radical (unpaired) electrons. The highest BCUT2D eigenvalue weighted by Crippen LogP contribution is 2.15. The van der Waals surface area contributed by atoms with Crippen molar-refractivity contribution in [2.75, 3.05) is 6.61 Å². The summed E-state index contributed by atoms with van der Waals surface area (Å²) < 4.78 is 4.71. The fraction of sp³-hybridized carbons (Fsp3) is 0.133. The summed E-state index contributed by atoms with van der Waals surface area (Å²) in [6.07, 6.45) is 0. The molecule has 1 aromatic carbocycles. The number of aromatic nitrogens is 1. The quantitative estimate of drug-likeness (QED) is 0.573. The maximum Gasteiger partial charge on any atom is 0.384 e. The lowest BCUT2D eigenvalue weighted by molar-refractivity contribution is -0.136. The molecule has 2 rings (SSSR count). The molecule has 0 spiro atoms. The molecule has 0 aliphatic heterocycles. The molecular formula is C15H10N2O2. The highest BCUT2D eigenvalue weighted by molar-refractivity contribution is 5.90. The van der Waals surface area contributed by atoms with Crippen LogP contribution in [0.4, 0.5) is 0 Å². The van der Waals surface area contributed by atoms with Gasteiger partial charge in [0, 0.05) is 11.3 Å². The summed E-state index contributed by atoms with van der Waals surface area (Å²) in [6, 6.07) is 11.1. The van der Waals surface area contributed by atoms with E-state index >= 15 is 0 Å². The van der Waals surface area contributed by atoms with Crippen molar-refractivity contribution < 1.29 is 9.53 Å². The molecule has 0 saturated carbocycles. The number of ether oxygens (including phenoxy) is 1. The van der Waals surface area contributed by atoms with Gasteiger partial charge in [0.05, 0.1) is 17.7 Å². The van der Waals surface area contributed by atoms with Crippen molar-refractivity contribution in [3.05, 3.63) is 41.6 Å². The highest BCUT2D eigenvalue weighted by atomic mass is 16.5. The van der Waals surface area contributed by atoms with Gasteiger partial charge in [-0.1, -0.05) is 24.1 Å². The Morgan fingerprint density at radius 3 is 2.95 bits per heavy atom. The standard InChI is InChI=1S/C15H10N2O2/c1-2-19-15(18)8-7-12-9-11-5-3-4-6-13(11)17-14(12)10-16/h3-6,9H,2H2,1H3. The zero-order chi connectivity index (χ0) is 13.7. The Morgan fingerprint density at radius 2 is 2.21 bits per heavy atom. The lowest BCUT2D eigenvalue weighted by Crippen LogP contribution is -2.00. The number of benzene rings is 1. The number of carbonyl (C=O) groups excluding carboxylic acids is 1. The van der Waals surface area contributed by atoms with Crippen molar-refractivity contribution in [2.45, 2.75) is 6.92 Å². The number of rotatable bonds is 1. The number of nitrogens with zero attached hydrogens (tertiary/aromatic N) is 2. The molecular weight excluding hydrogens is 240 g/mol. The van der Waals surface area contributed by atoms with Crippen molar-refractivity contribution in [2.24, 2.45) is 0 Å². The van der Waals surface area contributed by atoms with Gasteiger partial charge in [-0.25, -0.2) is 9.78 Å². The average Bonchev–Trinajstić information content (AvgIpc) is 2.44. The van der Waals surface area contributed by atoms with Crippen LogP contribution >= 0.6 is 0 Å². The first-order valence-corrected chi connectivity index (χ1v) is 5.73. The van der Waals surface area contributed by atoms with Crippen LogP contribution in [0.2, 0.25) is 0 Å². The first kappa shape index (κ1) is 12.6. The van der Waals surface area contributed by atoms with Crippen LogP contribution in [-0.4, -0.2) is 17.6 Å². The third-order valence-corrected chi connectivity index (χ3v) is 2.40. The Bertz CT molecular complexity index is 733. The maximum absolute atomic E-state index is 11.2. The molecule has 2 aromatic rings. The Kier molecular flexibility index (Phi) is 3.75. The number of fused-ring (bicyclic) bond motifs is 1. The zero-order valence-electron chi connectivity index (χ0n) is 10.3. The van der Waals surface area contributed by atoms with E-state index in [2.05, 4.69) is 16.8 Å². The van der Waals surface area contributed by atoms with Gasteiger partial charge < -0.3 is 4.74 Å². The van der Waals surface area contributed by atoms with E-state index in [0.717, 1.165) is 10.9 Å². The van der Waals surface area contributed by atoms with E-state index in [1.807, 2.05) is 30.3 Å². The Hall–Kier alpha value is -2.85. The predicted octanol–water partition coefficient (Wildman–Crippen LogP) is 2.02. The summed E-state index contributed by atoms with van der Waals surface area (Å²) >= 11 is 0. The molecule has 0 aliphatic rings. The SMILES string of the molecule is CCOC(=O)C#Cc1cc2ccccc2nc1C#N. The average molecular weight is 250 g/mol. The van der Waals surface area contributed by atoms with Crippen molar-refractivity contribution in [3.8, 4) is 17.9 Å². The first-order chi connectivity index (χ1) is 9.24. The minimum absolute atomic E-state index is 0.204. The summed E-state index contributed by atoms with van der Waals surface area (Å²) in [7, 11) is 0. The Morgan fingerprint density at radius 1 is 1.42 bits per heavy atom. The molecule has 0 saturated heterocycles. The monoisotopic (exact) mass is 250 g/mol. The number of esters is 1. The fourth-order valence-electron chi connectivity index (χ4n) is 1.58. The summed E-state index contributed by atoms with van der Waals surface area (Å²) in [4.78, 5) is 15.4. The van der Waals surface area contributed by atoms with Gasteiger partial charge in [-0.3, -0.25) is 0 Å². The van der Waals surface area contributed by atoms with E-state index in [1.54, 1.807) is 13.0 Å². The molecule has 0 fully saturated rings. The number of hydrogen-bond donors (Lipinski definition) is 0. The molecule has 19 heavy (non-hydrogen) atoms. The molecule has 0 bridgehead atoms. The van der Waals surface area contributed by atoms with Gasteiger partial charge in [0.2, 0.25) is 0 Å². The summed E-state index contributed by atoms with van der Waals surface area (Å²) in [5, 5.41) is 9.92. The van der Waals surface area contributed by atoms with Crippen molar-refractivity contribution in [1.29, 1.82) is 5.26 Å². The van der Waals surface area contributed by atoms with Crippen LogP contribution in [0.25, 0.3) is 10.9 Å². The lowest BCUT2D eigenvalue weighted by Gasteiger charge is -1.99. The molecule has 4 heteroatoms. The Labute approximate surface area is 110 Å². The smallest absolute Gasteiger partial charge is 0.384 e. The van der Waals surface area contributed by atoms with Crippen molar-refractivity contribution in [3.63, 3.8) is 0 Å². The molecule has 1 aromatic heterocycles. The van der Waals surface area contributed by atoms with E-state index in [1.165, 1.54) is 0 Å². The lowest BCUT2D eigenvalue weighted by atomic mass is 10.1. The number of pyridine rings is 1. The van der Waals surface area contributed by atoms with E-state index in [9.17, 15) is 4.79 Å². The van der Waals surface area contributed by atoms with E-state index in [-0.39, 0.29) is 12.3 Å². The second-order valence-corrected chi connectivity index (χ2v) is 3.66. The summed E-state index contributed by atoms with van der Waals surface area (Å²) in [5.41, 5.74) is 1.35. The number of hydrogen-bond acceptors (Lipinski definition) is 4. The molecule has 0 amide bonds. The number of para-hydroxylation sites is 1. The van der Waals surface area contributed by atoms with Crippen LogP contribution in [0.1, 0.15) is 18.2 Å². The molecule has 0 atom stereocenters. The molecule has 4 nitrogen and oxygen atoms in total. The predicted molar refractivity (Wildman–Crippen MR) is 70.0 cm³/mol. The number of nitriles is 1.